The molecule has 2 atom stereocenters. The van der Waals surface area contributed by atoms with E-state index in [4.69, 9.17) is 9.47 Å². The van der Waals surface area contributed by atoms with Crippen molar-refractivity contribution >= 4 is 28.8 Å². The van der Waals surface area contributed by atoms with Gasteiger partial charge in [-0.2, -0.15) is 0 Å². The number of carbonyl (C=O) groups excluding carboxylic acids is 3. The molecule has 3 heterocycles. The van der Waals surface area contributed by atoms with Crippen molar-refractivity contribution in [1.82, 2.24) is 20.5 Å². The molecule has 1 spiro atoms. The molecule has 3 aliphatic rings. The van der Waals surface area contributed by atoms with E-state index in [2.05, 4.69) is 20.5 Å². The number of rotatable bonds is 3. The summed E-state index contributed by atoms with van der Waals surface area (Å²) in [4.78, 5) is 37.7. The Hall–Kier alpha value is -3.07. The van der Waals surface area contributed by atoms with Gasteiger partial charge in [0.2, 0.25) is 0 Å². The van der Waals surface area contributed by atoms with Crippen LogP contribution >= 0.6 is 0 Å². The molecule has 1 aromatic carbocycles. The van der Waals surface area contributed by atoms with Crippen LogP contribution in [0.1, 0.15) is 60.9 Å². The molecular weight excluding hydrogens is 424 g/mol. The van der Waals surface area contributed by atoms with Gasteiger partial charge in [-0.05, 0) is 58.2 Å². The lowest BCUT2D eigenvalue weighted by Gasteiger charge is -2.47. The number of nitrogens with zero attached hydrogens (tertiary/aromatic N) is 1. The summed E-state index contributed by atoms with van der Waals surface area (Å²) >= 11 is 0. The van der Waals surface area contributed by atoms with E-state index in [0.29, 0.717) is 31.0 Å². The van der Waals surface area contributed by atoms with Crippen LogP contribution in [0.4, 0.5) is 4.79 Å². The molecule has 0 bridgehead atoms. The number of benzene rings is 1. The number of nitrogens with one attached hydrogen (secondary N) is 3. The van der Waals surface area contributed by atoms with Crippen molar-refractivity contribution in [1.29, 1.82) is 0 Å². The first-order valence-corrected chi connectivity index (χ1v) is 11.5. The molecule has 33 heavy (non-hydrogen) atoms. The van der Waals surface area contributed by atoms with Crippen LogP contribution in [0.15, 0.2) is 24.3 Å². The van der Waals surface area contributed by atoms with Crippen molar-refractivity contribution in [3.8, 4) is 0 Å². The Morgan fingerprint density at radius 3 is 2.55 bits per heavy atom. The van der Waals surface area contributed by atoms with Gasteiger partial charge in [-0.25, -0.2) is 4.79 Å². The average Bonchev–Trinajstić information content (AvgIpc) is 3.30. The van der Waals surface area contributed by atoms with Crippen LogP contribution in [0, 0.1) is 0 Å². The topological polar surface area (TPSA) is 111 Å². The minimum Gasteiger partial charge on any atom is -0.444 e. The fourth-order valence-corrected chi connectivity index (χ4v) is 4.97. The first-order valence-electron chi connectivity index (χ1n) is 11.5. The summed E-state index contributed by atoms with van der Waals surface area (Å²) in [7, 11) is 0. The largest absolute Gasteiger partial charge is 0.444 e. The van der Waals surface area contributed by atoms with Crippen molar-refractivity contribution < 1.29 is 23.9 Å². The lowest BCUT2D eigenvalue weighted by molar-refractivity contribution is 0.0492. The van der Waals surface area contributed by atoms with Gasteiger partial charge in [-0.1, -0.05) is 6.07 Å². The number of hydrogen-bond donors (Lipinski definition) is 3. The lowest BCUT2D eigenvalue weighted by atomic mass is 9.75. The Labute approximate surface area is 192 Å². The molecule has 1 aliphatic carbocycles. The molecular formula is C24H30N4O5. The first-order chi connectivity index (χ1) is 15.7. The van der Waals surface area contributed by atoms with Crippen molar-refractivity contribution in [3.63, 3.8) is 0 Å². The maximum Gasteiger partial charge on any atom is 0.408 e. The van der Waals surface area contributed by atoms with Crippen molar-refractivity contribution in [2.24, 2.45) is 0 Å². The summed E-state index contributed by atoms with van der Waals surface area (Å²) in [5.74, 6) is -0.323. The Bertz CT molecular complexity index is 1130. The van der Waals surface area contributed by atoms with Gasteiger partial charge in [0.25, 0.3) is 11.8 Å². The molecule has 176 valence electrons. The van der Waals surface area contributed by atoms with E-state index in [1.54, 1.807) is 26.8 Å². The molecule has 3 N–H and O–H groups in total. The second-order valence-electron chi connectivity index (χ2n) is 10.3. The van der Waals surface area contributed by atoms with Gasteiger partial charge in [0.15, 0.2) is 0 Å². The maximum absolute atomic E-state index is 13.1. The molecule has 5 rings (SSSR count). The molecule has 2 fully saturated rings. The molecule has 9 heteroatoms. The van der Waals surface area contributed by atoms with E-state index in [1.807, 2.05) is 18.2 Å². The highest BCUT2D eigenvalue weighted by molar-refractivity contribution is 6.03. The van der Waals surface area contributed by atoms with Gasteiger partial charge in [0, 0.05) is 17.5 Å². The Morgan fingerprint density at radius 2 is 1.88 bits per heavy atom. The van der Waals surface area contributed by atoms with Crippen LogP contribution in [0.2, 0.25) is 0 Å². The van der Waals surface area contributed by atoms with Crippen LogP contribution in [-0.4, -0.2) is 59.9 Å². The number of hydrogen-bond acceptors (Lipinski definition) is 5. The summed E-state index contributed by atoms with van der Waals surface area (Å²) < 4.78 is 12.9. The standard InChI is InChI=1S/C24H30N4O5/c1-23(2,3)33-22(31)27-17-12-32-11-16(17)26-20(29)15-6-5-14-9-19-21(30)25-13-24(7-4-8-24)28(19)18(14)10-15/h5-6,9-10,16-17H,4,7-8,11-13H2,1-3H3,(H,25,30)(H,26,29)(H,27,31). The Balaban J connectivity index is 1.35. The van der Waals surface area contributed by atoms with E-state index in [-0.39, 0.29) is 29.4 Å². The number of amides is 3. The highest BCUT2D eigenvalue weighted by atomic mass is 16.6. The third-order valence-electron chi connectivity index (χ3n) is 6.74. The van der Waals surface area contributed by atoms with Crippen LogP contribution in [0.5, 0.6) is 0 Å². The fourth-order valence-electron chi connectivity index (χ4n) is 4.97. The van der Waals surface area contributed by atoms with Crippen LogP contribution in [0.25, 0.3) is 10.9 Å². The first kappa shape index (κ1) is 21.8. The van der Waals surface area contributed by atoms with Gasteiger partial charge >= 0.3 is 6.09 Å². The van der Waals surface area contributed by atoms with Gasteiger partial charge in [0.1, 0.15) is 11.3 Å². The van der Waals surface area contributed by atoms with Crippen molar-refractivity contribution in [2.45, 2.75) is 63.3 Å². The highest BCUT2D eigenvalue weighted by Crippen LogP contribution is 2.44. The monoisotopic (exact) mass is 454 g/mol. The van der Waals surface area contributed by atoms with Gasteiger partial charge < -0.3 is 30.0 Å². The zero-order valence-corrected chi connectivity index (χ0v) is 19.2. The van der Waals surface area contributed by atoms with Crippen LogP contribution < -0.4 is 16.0 Å². The number of alkyl carbamates (subject to hydrolysis) is 1. The Morgan fingerprint density at radius 1 is 1.15 bits per heavy atom. The maximum atomic E-state index is 13.1. The van der Waals surface area contributed by atoms with Gasteiger partial charge in [-0.15, -0.1) is 0 Å². The SMILES string of the molecule is CC(C)(C)OC(=O)NC1COCC1NC(=O)c1ccc2cc3n(c2c1)C1(CCC1)CNC3=O. The molecule has 1 saturated heterocycles. The summed E-state index contributed by atoms with van der Waals surface area (Å²) in [5, 5.41) is 9.73. The molecule has 9 nitrogen and oxygen atoms in total. The van der Waals surface area contributed by atoms with E-state index in [0.717, 1.165) is 30.2 Å². The smallest absolute Gasteiger partial charge is 0.408 e. The third kappa shape index (κ3) is 3.94. The highest BCUT2D eigenvalue weighted by Gasteiger charge is 2.44. The Kier molecular flexibility index (Phi) is 5.12. The number of aromatic nitrogens is 1. The lowest BCUT2D eigenvalue weighted by Crippen LogP contribution is -2.55. The molecule has 1 saturated carbocycles. The second-order valence-corrected chi connectivity index (χ2v) is 10.3. The van der Waals surface area contributed by atoms with Crippen LogP contribution in [0.3, 0.4) is 0 Å². The van der Waals surface area contributed by atoms with E-state index in [1.165, 1.54) is 0 Å². The number of fused-ring (bicyclic) bond motifs is 4. The van der Waals surface area contributed by atoms with E-state index < -0.39 is 11.7 Å². The minimum atomic E-state index is -0.608. The molecule has 2 aromatic rings. The summed E-state index contributed by atoms with van der Waals surface area (Å²) in [6, 6.07) is 6.66. The minimum absolute atomic E-state index is 0.0751. The average molecular weight is 455 g/mol. The van der Waals surface area contributed by atoms with Gasteiger partial charge in [-0.3, -0.25) is 9.59 Å². The molecule has 0 radical (unpaired) electrons. The normalized spacial score (nSPS) is 23.5. The zero-order chi connectivity index (χ0) is 23.4. The summed E-state index contributed by atoms with van der Waals surface area (Å²) in [6.45, 7) is 6.61. The van der Waals surface area contributed by atoms with E-state index >= 15 is 0 Å². The summed E-state index contributed by atoms with van der Waals surface area (Å²) in [6.07, 6.45) is 2.61. The predicted molar refractivity (Wildman–Crippen MR) is 121 cm³/mol. The van der Waals surface area contributed by atoms with E-state index in [9.17, 15) is 14.4 Å². The summed E-state index contributed by atoms with van der Waals surface area (Å²) in [5.41, 5.74) is 1.36. The molecule has 2 aliphatic heterocycles. The molecule has 1 aromatic heterocycles. The second kappa shape index (κ2) is 7.76. The van der Waals surface area contributed by atoms with Crippen molar-refractivity contribution in [2.75, 3.05) is 19.8 Å². The number of ether oxygens (including phenoxy) is 2. The zero-order valence-electron chi connectivity index (χ0n) is 19.2. The molecule has 2 unspecified atom stereocenters. The third-order valence-corrected chi connectivity index (χ3v) is 6.74. The fraction of sp³-hybridized carbons (Fsp3) is 0.542. The predicted octanol–water partition coefficient (Wildman–Crippen LogP) is 2.29. The number of carbonyl (C=O) groups is 3. The quantitative estimate of drug-likeness (QED) is 0.659. The van der Waals surface area contributed by atoms with Crippen LogP contribution in [-0.2, 0) is 15.0 Å². The van der Waals surface area contributed by atoms with Gasteiger partial charge in [0.05, 0.1) is 36.4 Å². The van der Waals surface area contributed by atoms with Crippen molar-refractivity contribution in [3.05, 3.63) is 35.5 Å². The molecule has 3 amide bonds.